The number of phenolic OH excluding ortho intramolecular Hbond substituents is 1. The minimum atomic E-state index is -0.313. The van der Waals surface area contributed by atoms with Crippen LogP contribution in [0.25, 0.3) is 0 Å². The van der Waals surface area contributed by atoms with E-state index in [1.165, 1.54) is 12.3 Å². The van der Waals surface area contributed by atoms with Crippen LogP contribution in [0.3, 0.4) is 0 Å². The molecule has 1 aromatic heterocycles. The third kappa shape index (κ3) is 6.89. The first-order valence-electron chi connectivity index (χ1n) is 13.1. The number of nitrogens with zero attached hydrogens (tertiary/aromatic N) is 2. The summed E-state index contributed by atoms with van der Waals surface area (Å²) in [6, 6.07) is 7.47. The average Bonchev–Trinajstić information content (AvgIpc) is 3.46. The van der Waals surface area contributed by atoms with Crippen molar-refractivity contribution in [3.63, 3.8) is 0 Å². The van der Waals surface area contributed by atoms with Gasteiger partial charge in [-0.25, -0.2) is 0 Å². The first-order valence-corrected chi connectivity index (χ1v) is 13.1. The second-order valence-corrected chi connectivity index (χ2v) is 10.4. The lowest BCUT2D eigenvalue weighted by Crippen LogP contribution is -2.40. The molecule has 1 aliphatic carbocycles. The van der Waals surface area contributed by atoms with Crippen LogP contribution in [0, 0.1) is 5.92 Å². The summed E-state index contributed by atoms with van der Waals surface area (Å²) in [5.74, 6) is 0.252. The van der Waals surface area contributed by atoms with Gasteiger partial charge in [0.05, 0.1) is 19.4 Å². The van der Waals surface area contributed by atoms with E-state index in [0.29, 0.717) is 39.3 Å². The van der Waals surface area contributed by atoms with Gasteiger partial charge in [0.25, 0.3) is 5.91 Å². The molecule has 1 aliphatic heterocycles. The van der Waals surface area contributed by atoms with Crippen molar-refractivity contribution >= 4 is 11.8 Å². The van der Waals surface area contributed by atoms with E-state index in [-0.39, 0.29) is 40.6 Å². The molecule has 2 unspecified atom stereocenters. The molecular formula is C29H37N3O5. The SMILES string of the molecule is CC(C)(CCCCC(=O)N1CCOCC1)c1ccc(C2C=CC=CC2CNC(=O)c2ccno2)c(O)c1. The average molecular weight is 508 g/mol. The maximum Gasteiger partial charge on any atom is 0.289 e. The van der Waals surface area contributed by atoms with Crippen LogP contribution < -0.4 is 5.32 Å². The number of carbonyl (C=O) groups is 2. The summed E-state index contributed by atoms with van der Waals surface area (Å²) in [7, 11) is 0. The number of ether oxygens (including phenoxy) is 1. The van der Waals surface area contributed by atoms with Crippen LogP contribution in [-0.4, -0.2) is 59.8 Å². The number of aromatic hydroxyl groups is 1. The van der Waals surface area contributed by atoms with Gasteiger partial charge >= 0.3 is 0 Å². The molecule has 0 radical (unpaired) electrons. The molecule has 0 bridgehead atoms. The summed E-state index contributed by atoms with van der Waals surface area (Å²) >= 11 is 0. The number of unbranched alkanes of at least 4 members (excludes halogenated alkanes) is 1. The molecule has 0 saturated carbocycles. The Morgan fingerprint density at radius 1 is 1.14 bits per heavy atom. The molecule has 4 rings (SSSR count). The molecular weight excluding hydrogens is 470 g/mol. The molecule has 37 heavy (non-hydrogen) atoms. The van der Waals surface area contributed by atoms with Crippen LogP contribution in [0.5, 0.6) is 5.75 Å². The van der Waals surface area contributed by atoms with E-state index in [4.69, 9.17) is 9.26 Å². The van der Waals surface area contributed by atoms with Crippen LogP contribution in [0.15, 0.2) is 59.3 Å². The molecule has 198 valence electrons. The Balaban J connectivity index is 1.33. The summed E-state index contributed by atoms with van der Waals surface area (Å²) in [6.45, 7) is 7.40. The summed E-state index contributed by atoms with van der Waals surface area (Å²) in [5, 5.41) is 17.5. The number of rotatable bonds is 10. The van der Waals surface area contributed by atoms with Gasteiger partial charge in [-0.2, -0.15) is 0 Å². The maximum atomic E-state index is 12.4. The maximum absolute atomic E-state index is 12.4. The van der Waals surface area contributed by atoms with E-state index < -0.39 is 0 Å². The number of aromatic nitrogens is 1. The van der Waals surface area contributed by atoms with E-state index in [1.54, 1.807) is 0 Å². The molecule has 2 aliphatic rings. The second kappa shape index (κ2) is 12.2. The molecule has 0 spiro atoms. The third-order valence-corrected chi connectivity index (χ3v) is 7.39. The predicted molar refractivity (Wildman–Crippen MR) is 140 cm³/mol. The van der Waals surface area contributed by atoms with Gasteiger partial charge in [-0.15, -0.1) is 0 Å². The largest absolute Gasteiger partial charge is 0.508 e. The minimum Gasteiger partial charge on any atom is -0.508 e. The van der Waals surface area contributed by atoms with E-state index >= 15 is 0 Å². The smallest absolute Gasteiger partial charge is 0.289 e. The summed E-state index contributed by atoms with van der Waals surface area (Å²) in [5.41, 5.74) is 1.76. The normalized spacial score (nSPS) is 19.7. The van der Waals surface area contributed by atoms with Crippen molar-refractivity contribution in [2.75, 3.05) is 32.8 Å². The van der Waals surface area contributed by atoms with E-state index in [1.807, 2.05) is 35.3 Å². The standard InChI is InChI=1S/C29H37N3O5/c1-29(2,13-6-5-9-27(34)32-15-17-36-18-16-32)22-10-11-24(25(33)19-22)23-8-4-3-7-21(23)20-30-28(35)26-12-14-31-37-26/h3-4,7-8,10-12,14,19,21,23,33H,5-6,9,13,15-18,20H2,1-2H3,(H,30,35). The van der Waals surface area contributed by atoms with Crippen molar-refractivity contribution in [1.82, 2.24) is 15.4 Å². The highest BCUT2D eigenvalue weighted by molar-refractivity contribution is 5.91. The molecule has 2 atom stereocenters. The van der Waals surface area contributed by atoms with Crippen molar-refractivity contribution in [1.29, 1.82) is 0 Å². The zero-order chi connectivity index (χ0) is 26.3. The van der Waals surface area contributed by atoms with Crippen molar-refractivity contribution in [2.45, 2.75) is 50.9 Å². The number of allylic oxidation sites excluding steroid dienone is 3. The van der Waals surface area contributed by atoms with Crippen LogP contribution in [0.1, 0.15) is 67.1 Å². The van der Waals surface area contributed by atoms with Crippen molar-refractivity contribution < 1.29 is 24.0 Å². The van der Waals surface area contributed by atoms with E-state index in [2.05, 4.69) is 36.5 Å². The van der Waals surface area contributed by atoms with Gasteiger partial charge in [-0.3, -0.25) is 9.59 Å². The zero-order valence-corrected chi connectivity index (χ0v) is 21.7. The number of phenols is 1. The van der Waals surface area contributed by atoms with Gasteiger partial charge in [0, 0.05) is 49.5 Å². The Morgan fingerprint density at radius 2 is 1.92 bits per heavy atom. The molecule has 8 heteroatoms. The summed E-state index contributed by atoms with van der Waals surface area (Å²) < 4.78 is 10.3. The fourth-order valence-electron chi connectivity index (χ4n) is 5.02. The highest BCUT2D eigenvalue weighted by Crippen LogP contribution is 2.39. The topological polar surface area (TPSA) is 105 Å². The van der Waals surface area contributed by atoms with Crippen LogP contribution in [-0.2, 0) is 14.9 Å². The lowest BCUT2D eigenvalue weighted by Gasteiger charge is -2.29. The number of morpholine rings is 1. The first-order chi connectivity index (χ1) is 17.8. The zero-order valence-electron chi connectivity index (χ0n) is 21.7. The molecule has 1 aromatic carbocycles. The predicted octanol–water partition coefficient (Wildman–Crippen LogP) is 4.33. The highest BCUT2D eigenvalue weighted by atomic mass is 16.5. The Hall–Kier alpha value is -3.39. The first kappa shape index (κ1) is 26.7. The lowest BCUT2D eigenvalue weighted by atomic mass is 9.77. The Morgan fingerprint density at radius 3 is 2.65 bits per heavy atom. The fraction of sp³-hybridized carbons (Fsp3) is 0.483. The fourth-order valence-corrected chi connectivity index (χ4v) is 5.02. The molecule has 1 saturated heterocycles. The molecule has 1 fully saturated rings. The van der Waals surface area contributed by atoms with E-state index in [9.17, 15) is 14.7 Å². The molecule has 2 N–H and O–H groups in total. The van der Waals surface area contributed by atoms with Crippen LogP contribution in [0.2, 0.25) is 0 Å². The van der Waals surface area contributed by atoms with Gasteiger partial charge in [-0.05, 0) is 29.9 Å². The van der Waals surface area contributed by atoms with Gasteiger partial charge < -0.3 is 24.6 Å². The van der Waals surface area contributed by atoms with Gasteiger partial charge in [-0.1, -0.05) is 61.9 Å². The second-order valence-electron chi connectivity index (χ2n) is 10.4. The lowest BCUT2D eigenvalue weighted by molar-refractivity contribution is -0.135. The Bertz CT molecular complexity index is 1120. The van der Waals surface area contributed by atoms with Gasteiger partial charge in [0.2, 0.25) is 11.7 Å². The quantitative estimate of drug-likeness (QED) is 0.464. The molecule has 2 aromatic rings. The summed E-state index contributed by atoms with van der Waals surface area (Å²) in [4.78, 5) is 26.6. The molecule has 8 nitrogen and oxygen atoms in total. The Labute approximate surface area is 218 Å². The van der Waals surface area contributed by atoms with Crippen molar-refractivity contribution in [3.05, 3.63) is 71.7 Å². The van der Waals surface area contributed by atoms with Crippen LogP contribution >= 0.6 is 0 Å². The van der Waals surface area contributed by atoms with Gasteiger partial charge in [0.15, 0.2) is 0 Å². The molecule has 2 amide bonds. The summed E-state index contributed by atoms with van der Waals surface area (Å²) in [6.07, 6.45) is 12.7. The Kier molecular flexibility index (Phi) is 8.82. The number of hydrogen-bond acceptors (Lipinski definition) is 6. The van der Waals surface area contributed by atoms with Crippen molar-refractivity contribution in [2.24, 2.45) is 5.92 Å². The van der Waals surface area contributed by atoms with Crippen molar-refractivity contribution in [3.8, 4) is 5.75 Å². The number of carbonyl (C=O) groups excluding carboxylic acids is 2. The molecule has 2 heterocycles. The van der Waals surface area contributed by atoms with Gasteiger partial charge in [0.1, 0.15) is 5.75 Å². The monoisotopic (exact) mass is 507 g/mol. The third-order valence-electron chi connectivity index (χ3n) is 7.39. The number of amides is 2. The highest BCUT2D eigenvalue weighted by Gasteiger charge is 2.27. The van der Waals surface area contributed by atoms with E-state index in [0.717, 1.165) is 30.4 Å². The number of hydrogen-bond donors (Lipinski definition) is 2. The minimum absolute atomic E-state index is 0.00867. The number of nitrogens with one attached hydrogen (secondary N) is 1. The van der Waals surface area contributed by atoms with Crippen LogP contribution in [0.4, 0.5) is 0 Å². The number of benzene rings is 1.